The van der Waals surface area contributed by atoms with Gasteiger partial charge in [-0.25, -0.2) is 4.79 Å². The summed E-state index contributed by atoms with van der Waals surface area (Å²) in [6.07, 6.45) is 2.26. The summed E-state index contributed by atoms with van der Waals surface area (Å²) in [7, 11) is 0. The summed E-state index contributed by atoms with van der Waals surface area (Å²) in [5, 5.41) is 0. The van der Waals surface area contributed by atoms with Gasteiger partial charge in [0.15, 0.2) is 0 Å². The highest BCUT2D eigenvalue weighted by molar-refractivity contribution is 5.80. The quantitative estimate of drug-likeness (QED) is 0.862. The first-order chi connectivity index (χ1) is 9.97. The second kappa shape index (κ2) is 5.19. The Balaban J connectivity index is 2.12. The molecule has 1 aliphatic heterocycles. The van der Waals surface area contributed by atoms with Gasteiger partial charge in [-0.1, -0.05) is 17.7 Å². The highest BCUT2D eigenvalue weighted by Crippen LogP contribution is 2.26. The monoisotopic (exact) mass is 285 g/mol. The number of benzene rings is 1. The van der Waals surface area contributed by atoms with Crippen molar-refractivity contribution in [3.05, 3.63) is 45.4 Å². The van der Waals surface area contributed by atoms with E-state index in [0.717, 1.165) is 30.7 Å². The molecule has 0 unspecified atom stereocenters. The molecule has 4 heteroatoms. The number of nitrogens with zero attached hydrogens (tertiary/aromatic N) is 2. The lowest BCUT2D eigenvalue weighted by molar-refractivity contribution is 0.209. The number of H-pyrrole nitrogens is 1. The van der Waals surface area contributed by atoms with E-state index < -0.39 is 0 Å². The van der Waals surface area contributed by atoms with E-state index in [-0.39, 0.29) is 5.69 Å². The van der Waals surface area contributed by atoms with Crippen LogP contribution >= 0.6 is 0 Å². The van der Waals surface area contributed by atoms with Crippen molar-refractivity contribution in [1.82, 2.24) is 14.5 Å². The molecule has 0 aliphatic carbocycles. The van der Waals surface area contributed by atoms with Crippen molar-refractivity contribution >= 4 is 11.0 Å². The van der Waals surface area contributed by atoms with Gasteiger partial charge in [-0.15, -0.1) is 0 Å². The number of hydrogen-bond acceptors (Lipinski definition) is 2. The summed E-state index contributed by atoms with van der Waals surface area (Å²) in [6.45, 7) is 11.2. The topological polar surface area (TPSA) is 41.0 Å². The highest BCUT2D eigenvalue weighted by atomic mass is 16.1. The van der Waals surface area contributed by atoms with Gasteiger partial charge in [0.05, 0.1) is 11.0 Å². The molecule has 1 N–H and O–H groups in total. The molecule has 0 amide bonds. The van der Waals surface area contributed by atoms with Gasteiger partial charge >= 0.3 is 5.69 Å². The number of aryl methyl sites for hydroxylation is 1. The van der Waals surface area contributed by atoms with Crippen LogP contribution in [0.15, 0.2) is 28.6 Å². The third-order valence-electron chi connectivity index (χ3n) is 4.44. The van der Waals surface area contributed by atoms with Crippen molar-refractivity contribution in [2.24, 2.45) is 0 Å². The third kappa shape index (κ3) is 2.44. The smallest absolute Gasteiger partial charge is 0.306 e. The Kier molecular flexibility index (Phi) is 3.49. The van der Waals surface area contributed by atoms with Crippen molar-refractivity contribution < 1.29 is 0 Å². The maximum absolute atomic E-state index is 12.2. The number of aromatic nitrogens is 2. The molecular formula is C17H23N3O. The van der Waals surface area contributed by atoms with Crippen molar-refractivity contribution in [1.29, 1.82) is 0 Å². The standard InChI is InChI=1S/C17H23N3O/c1-11(2)7-8-19-10-14-12(3)5-6-15-16(14)20(9-13(19)4)17(21)18-15/h5-7,13H,8-10H2,1-4H3,(H,18,21)/t13-/m1/s1. The summed E-state index contributed by atoms with van der Waals surface area (Å²) in [5.41, 5.74) is 5.92. The molecule has 3 rings (SSSR count). The maximum atomic E-state index is 12.2. The van der Waals surface area contributed by atoms with E-state index in [4.69, 9.17) is 0 Å². The van der Waals surface area contributed by atoms with Crippen molar-refractivity contribution in [2.45, 2.75) is 46.8 Å². The van der Waals surface area contributed by atoms with E-state index in [2.05, 4.69) is 49.7 Å². The fourth-order valence-corrected chi connectivity index (χ4v) is 3.09. The van der Waals surface area contributed by atoms with E-state index in [1.165, 1.54) is 16.7 Å². The molecule has 0 fully saturated rings. The summed E-state index contributed by atoms with van der Waals surface area (Å²) in [5.74, 6) is 0. The first kappa shape index (κ1) is 14.1. The second-order valence-corrected chi connectivity index (χ2v) is 6.36. The number of imidazole rings is 1. The molecule has 1 aliphatic rings. The van der Waals surface area contributed by atoms with Crippen LogP contribution < -0.4 is 5.69 Å². The molecule has 0 spiro atoms. The van der Waals surface area contributed by atoms with Gasteiger partial charge in [0.25, 0.3) is 0 Å². The summed E-state index contributed by atoms with van der Waals surface area (Å²) in [6, 6.07) is 4.46. The van der Waals surface area contributed by atoms with Crippen LogP contribution in [0.25, 0.3) is 11.0 Å². The highest BCUT2D eigenvalue weighted by Gasteiger charge is 2.24. The SMILES string of the molecule is CC(C)=CCN1Cc2c(C)ccc3[nH]c(=O)n(c23)C[C@H]1C. The molecule has 0 bridgehead atoms. The zero-order valence-corrected chi connectivity index (χ0v) is 13.2. The molecule has 0 saturated carbocycles. The Bertz CT molecular complexity index is 762. The number of aromatic amines is 1. The predicted octanol–water partition coefficient (Wildman–Crippen LogP) is 2.81. The lowest BCUT2D eigenvalue weighted by Crippen LogP contribution is -2.36. The van der Waals surface area contributed by atoms with Crippen LogP contribution in [0.2, 0.25) is 0 Å². The van der Waals surface area contributed by atoms with E-state index in [0.29, 0.717) is 6.04 Å². The number of rotatable bonds is 2. The van der Waals surface area contributed by atoms with Crippen LogP contribution in [0.3, 0.4) is 0 Å². The Morgan fingerprint density at radius 1 is 1.43 bits per heavy atom. The first-order valence-electron chi connectivity index (χ1n) is 7.55. The molecule has 0 radical (unpaired) electrons. The Morgan fingerprint density at radius 2 is 2.19 bits per heavy atom. The van der Waals surface area contributed by atoms with Gasteiger partial charge in [-0.2, -0.15) is 0 Å². The fourth-order valence-electron chi connectivity index (χ4n) is 3.09. The summed E-state index contributed by atoms with van der Waals surface area (Å²) < 4.78 is 1.91. The molecule has 1 aromatic carbocycles. The van der Waals surface area contributed by atoms with Gasteiger partial charge in [0.2, 0.25) is 0 Å². The minimum absolute atomic E-state index is 0.00719. The molecule has 1 atom stereocenters. The van der Waals surface area contributed by atoms with Crippen LogP contribution in [-0.4, -0.2) is 27.0 Å². The first-order valence-corrected chi connectivity index (χ1v) is 7.55. The average molecular weight is 285 g/mol. The van der Waals surface area contributed by atoms with Crippen LogP contribution in [0, 0.1) is 6.92 Å². The van der Waals surface area contributed by atoms with Gasteiger partial charge < -0.3 is 4.98 Å². The van der Waals surface area contributed by atoms with Crippen LogP contribution in [0.1, 0.15) is 31.9 Å². The molecule has 112 valence electrons. The zero-order valence-electron chi connectivity index (χ0n) is 13.2. The molecule has 0 saturated heterocycles. The number of nitrogens with one attached hydrogen (secondary N) is 1. The average Bonchev–Trinajstić information content (AvgIpc) is 2.64. The minimum atomic E-state index is 0.00719. The molecular weight excluding hydrogens is 262 g/mol. The van der Waals surface area contributed by atoms with E-state index in [9.17, 15) is 4.79 Å². The normalized spacial score (nSPS) is 18.8. The molecule has 21 heavy (non-hydrogen) atoms. The largest absolute Gasteiger partial charge is 0.326 e. The predicted molar refractivity (Wildman–Crippen MR) is 86.6 cm³/mol. The number of hydrogen-bond donors (Lipinski definition) is 1. The summed E-state index contributed by atoms with van der Waals surface area (Å²) in [4.78, 5) is 17.6. The summed E-state index contributed by atoms with van der Waals surface area (Å²) >= 11 is 0. The molecule has 4 nitrogen and oxygen atoms in total. The van der Waals surface area contributed by atoms with Gasteiger partial charge in [0.1, 0.15) is 0 Å². The fraction of sp³-hybridized carbons (Fsp3) is 0.471. The van der Waals surface area contributed by atoms with Crippen molar-refractivity contribution in [3.63, 3.8) is 0 Å². The van der Waals surface area contributed by atoms with Crippen LogP contribution in [-0.2, 0) is 13.1 Å². The maximum Gasteiger partial charge on any atom is 0.326 e. The zero-order chi connectivity index (χ0) is 15.1. The lowest BCUT2D eigenvalue weighted by atomic mass is 10.1. The molecule has 2 aromatic rings. The lowest BCUT2D eigenvalue weighted by Gasteiger charge is -2.26. The minimum Gasteiger partial charge on any atom is -0.306 e. The second-order valence-electron chi connectivity index (χ2n) is 6.36. The molecule has 2 heterocycles. The number of allylic oxidation sites excluding steroid dienone is 1. The van der Waals surface area contributed by atoms with E-state index in [1.54, 1.807) is 0 Å². The van der Waals surface area contributed by atoms with Crippen molar-refractivity contribution in [3.8, 4) is 0 Å². The van der Waals surface area contributed by atoms with E-state index >= 15 is 0 Å². The van der Waals surface area contributed by atoms with Gasteiger partial charge in [-0.3, -0.25) is 9.47 Å². The van der Waals surface area contributed by atoms with Crippen LogP contribution in [0.4, 0.5) is 0 Å². The van der Waals surface area contributed by atoms with E-state index in [1.807, 2.05) is 10.6 Å². The Morgan fingerprint density at radius 3 is 2.90 bits per heavy atom. The van der Waals surface area contributed by atoms with Crippen LogP contribution in [0.5, 0.6) is 0 Å². The van der Waals surface area contributed by atoms with Crippen molar-refractivity contribution in [2.75, 3.05) is 6.54 Å². The van der Waals surface area contributed by atoms with Gasteiger partial charge in [-0.05, 0) is 44.9 Å². The molecule has 1 aromatic heterocycles. The van der Waals surface area contributed by atoms with Gasteiger partial charge in [0, 0.05) is 25.7 Å². The Labute approximate surface area is 125 Å². The Hall–Kier alpha value is -1.81. The third-order valence-corrected chi connectivity index (χ3v) is 4.44.